The summed E-state index contributed by atoms with van der Waals surface area (Å²) in [5, 5.41) is 33.3. The molecular formula is C13H30O4. The van der Waals surface area contributed by atoms with Gasteiger partial charge in [0.05, 0.1) is 0 Å². The molecule has 0 unspecified atom stereocenters. The molecule has 0 fully saturated rings. The van der Waals surface area contributed by atoms with Crippen LogP contribution in [0.15, 0.2) is 0 Å². The third kappa shape index (κ3) is 25.8. The molecule has 0 bridgehead atoms. The van der Waals surface area contributed by atoms with Gasteiger partial charge < -0.3 is 20.4 Å². The molecule has 0 saturated carbocycles. The number of hydrogen-bond donors (Lipinski definition) is 4. The topological polar surface area (TPSA) is 80.9 Å². The molecule has 0 amide bonds. The van der Waals surface area contributed by atoms with Gasteiger partial charge in [-0.25, -0.2) is 0 Å². The standard InChI is InChI=1S/C8H18O2.C5H12O2/c9-7-5-3-1-2-4-6-8-10;6-4-2-1-3-5-7/h9-10H,1-8H2;6-7H,1-5H2. The molecule has 0 radical (unpaired) electrons. The fraction of sp³-hybridized carbons (Fsp3) is 1.00. The number of aliphatic hydroxyl groups is 4. The fourth-order valence-corrected chi connectivity index (χ4v) is 1.33. The van der Waals surface area contributed by atoms with Crippen molar-refractivity contribution in [2.24, 2.45) is 0 Å². The Morgan fingerprint density at radius 1 is 0.294 bits per heavy atom. The van der Waals surface area contributed by atoms with Gasteiger partial charge in [-0.15, -0.1) is 0 Å². The summed E-state index contributed by atoms with van der Waals surface area (Å²) in [6.45, 7) is 1.14. The number of rotatable bonds is 11. The molecule has 0 aromatic heterocycles. The Hall–Kier alpha value is -0.160. The second kappa shape index (κ2) is 21.2. The molecule has 0 aliphatic rings. The predicted octanol–water partition coefficient (Wildman–Crippen LogP) is 1.45. The van der Waals surface area contributed by atoms with E-state index in [2.05, 4.69) is 0 Å². The summed E-state index contributed by atoms with van der Waals surface area (Å²) < 4.78 is 0. The highest BCUT2D eigenvalue weighted by Gasteiger charge is 1.88. The summed E-state index contributed by atoms with van der Waals surface area (Å²) in [6.07, 6.45) is 9.08. The molecule has 17 heavy (non-hydrogen) atoms. The van der Waals surface area contributed by atoms with Gasteiger partial charge in [0, 0.05) is 26.4 Å². The molecule has 0 aromatic carbocycles. The van der Waals surface area contributed by atoms with Crippen molar-refractivity contribution in [1.82, 2.24) is 0 Å². The molecular weight excluding hydrogens is 220 g/mol. The number of hydrogen-bond acceptors (Lipinski definition) is 4. The first-order valence-corrected chi connectivity index (χ1v) is 6.76. The average molecular weight is 250 g/mol. The van der Waals surface area contributed by atoms with Gasteiger partial charge in [0.2, 0.25) is 0 Å². The van der Waals surface area contributed by atoms with Gasteiger partial charge >= 0.3 is 0 Å². The maximum Gasteiger partial charge on any atom is 0.0431 e. The molecule has 4 nitrogen and oxygen atoms in total. The quantitative estimate of drug-likeness (QED) is 0.418. The van der Waals surface area contributed by atoms with Crippen molar-refractivity contribution in [3.63, 3.8) is 0 Å². The van der Waals surface area contributed by atoms with E-state index in [4.69, 9.17) is 20.4 Å². The van der Waals surface area contributed by atoms with Gasteiger partial charge in [0.1, 0.15) is 0 Å². The van der Waals surface area contributed by atoms with Crippen molar-refractivity contribution in [1.29, 1.82) is 0 Å². The van der Waals surface area contributed by atoms with E-state index in [0.717, 1.165) is 44.9 Å². The molecule has 4 heteroatoms. The minimum Gasteiger partial charge on any atom is -0.396 e. The van der Waals surface area contributed by atoms with E-state index in [1.54, 1.807) is 0 Å². The first-order chi connectivity index (χ1) is 8.33. The summed E-state index contributed by atoms with van der Waals surface area (Å²) in [7, 11) is 0. The van der Waals surface area contributed by atoms with Crippen molar-refractivity contribution in [2.45, 2.75) is 57.8 Å². The highest BCUT2D eigenvalue weighted by atomic mass is 16.3. The summed E-state index contributed by atoms with van der Waals surface area (Å²) in [6, 6.07) is 0. The van der Waals surface area contributed by atoms with Crippen LogP contribution in [0, 0.1) is 0 Å². The van der Waals surface area contributed by atoms with Crippen LogP contribution < -0.4 is 0 Å². The SMILES string of the molecule is OCCCCCCCCO.OCCCCCO. The minimum absolute atomic E-state index is 0.250. The van der Waals surface area contributed by atoms with Crippen LogP contribution in [-0.4, -0.2) is 46.9 Å². The Balaban J connectivity index is 0. The maximum atomic E-state index is 8.43. The Morgan fingerprint density at radius 2 is 0.471 bits per heavy atom. The van der Waals surface area contributed by atoms with Crippen LogP contribution in [0.1, 0.15) is 57.8 Å². The fourth-order valence-electron chi connectivity index (χ4n) is 1.33. The predicted molar refractivity (Wildman–Crippen MR) is 69.9 cm³/mol. The van der Waals surface area contributed by atoms with Gasteiger partial charge in [-0.1, -0.05) is 25.7 Å². The van der Waals surface area contributed by atoms with Crippen LogP contribution in [0.5, 0.6) is 0 Å². The smallest absolute Gasteiger partial charge is 0.0431 e. The van der Waals surface area contributed by atoms with Crippen molar-refractivity contribution in [3.05, 3.63) is 0 Å². The van der Waals surface area contributed by atoms with Crippen LogP contribution in [-0.2, 0) is 0 Å². The van der Waals surface area contributed by atoms with Crippen LogP contribution in [0.25, 0.3) is 0 Å². The lowest BCUT2D eigenvalue weighted by Gasteiger charge is -1.97. The van der Waals surface area contributed by atoms with Crippen LogP contribution >= 0.6 is 0 Å². The first-order valence-electron chi connectivity index (χ1n) is 6.76. The van der Waals surface area contributed by atoms with Crippen molar-refractivity contribution < 1.29 is 20.4 Å². The van der Waals surface area contributed by atoms with Gasteiger partial charge in [-0.2, -0.15) is 0 Å². The number of unbranched alkanes of at least 4 members (excludes halogenated alkanes) is 7. The molecule has 0 aliphatic carbocycles. The van der Waals surface area contributed by atoms with Gasteiger partial charge in [-0.05, 0) is 32.1 Å². The molecule has 106 valence electrons. The van der Waals surface area contributed by atoms with Gasteiger partial charge in [-0.3, -0.25) is 0 Å². The molecule has 0 rings (SSSR count). The Morgan fingerprint density at radius 3 is 0.706 bits per heavy atom. The number of aliphatic hydroxyl groups excluding tert-OH is 4. The zero-order chi connectivity index (χ0) is 13.2. The molecule has 0 aromatic rings. The van der Waals surface area contributed by atoms with E-state index >= 15 is 0 Å². The molecule has 0 heterocycles. The van der Waals surface area contributed by atoms with Crippen molar-refractivity contribution in [2.75, 3.05) is 26.4 Å². The summed E-state index contributed by atoms with van der Waals surface area (Å²) in [5.41, 5.74) is 0. The second-order valence-corrected chi connectivity index (χ2v) is 4.08. The zero-order valence-corrected chi connectivity index (χ0v) is 11.0. The molecule has 0 atom stereocenters. The molecule has 0 saturated heterocycles. The average Bonchev–Trinajstić information content (AvgIpc) is 2.35. The Labute approximate surface area is 105 Å². The summed E-state index contributed by atoms with van der Waals surface area (Å²) in [5.74, 6) is 0. The molecule has 0 aliphatic heterocycles. The second-order valence-electron chi connectivity index (χ2n) is 4.08. The van der Waals surface area contributed by atoms with Crippen molar-refractivity contribution >= 4 is 0 Å². The summed E-state index contributed by atoms with van der Waals surface area (Å²) >= 11 is 0. The lowest BCUT2D eigenvalue weighted by molar-refractivity contribution is 0.257. The van der Waals surface area contributed by atoms with E-state index in [9.17, 15) is 0 Å². The third-order valence-electron chi connectivity index (χ3n) is 2.38. The molecule has 0 spiro atoms. The van der Waals surface area contributed by atoms with Crippen LogP contribution in [0.2, 0.25) is 0 Å². The van der Waals surface area contributed by atoms with E-state index in [1.165, 1.54) is 12.8 Å². The highest BCUT2D eigenvalue weighted by Crippen LogP contribution is 2.03. The lowest BCUT2D eigenvalue weighted by atomic mass is 10.1. The highest BCUT2D eigenvalue weighted by molar-refractivity contribution is 4.43. The Bertz CT molecular complexity index is 97.6. The normalized spacial score (nSPS) is 9.88. The van der Waals surface area contributed by atoms with E-state index in [0.29, 0.717) is 13.2 Å². The van der Waals surface area contributed by atoms with E-state index in [-0.39, 0.29) is 13.2 Å². The third-order valence-corrected chi connectivity index (χ3v) is 2.38. The Kier molecular flexibility index (Phi) is 23.9. The van der Waals surface area contributed by atoms with Gasteiger partial charge in [0.25, 0.3) is 0 Å². The largest absolute Gasteiger partial charge is 0.396 e. The van der Waals surface area contributed by atoms with Crippen LogP contribution in [0.4, 0.5) is 0 Å². The lowest BCUT2D eigenvalue weighted by Crippen LogP contribution is -1.85. The zero-order valence-electron chi connectivity index (χ0n) is 11.0. The minimum atomic E-state index is 0.250. The van der Waals surface area contributed by atoms with Gasteiger partial charge in [0.15, 0.2) is 0 Å². The summed E-state index contributed by atoms with van der Waals surface area (Å²) in [4.78, 5) is 0. The monoisotopic (exact) mass is 250 g/mol. The maximum absolute atomic E-state index is 8.43. The van der Waals surface area contributed by atoms with E-state index < -0.39 is 0 Å². The van der Waals surface area contributed by atoms with E-state index in [1.807, 2.05) is 0 Å². The van der Waals surface area contributed by atoms with Crippen molar-refractivity contribution in [3.8, 4) is 0 Å². The molecule has 4 N–H and O–H groups in total. The first kappa shape index (κ1) is 19.2. The van der Waals surface area contributed by atoms with Crippen LogP contribution in [0.3, 0.4) is 0 Å².